The number of aromatic nitrogens is 1. The van der Waals surface area contributed by atoms with Crippen molar-refractivity contribution in [3.8, 4) is 0 Å². The van der Waals surface area contributed by atoms with Crippen LogP contribution < -0.4 is 11.3 Å². The summed E-state index contributed by atoms with van der Waals surface area (Å²) < 4.78 is 0. The first-order valence-electron chi connectivity index (χ1n) is 5.56. The van der Waals surface area contributed by atoms with Crippen molar-refractivity contribution < 1.29 is 0 Å². The summed E-state index contributed by atoms with van der Waals surface area (Å²) in [5.41, 5.74) is 4.02. The van der Waals surface area contributed by atoms with E-state index in [-0.39, 0.29) is 0 Å². The van der Waals surface area contributed by atoms with E-state index in [9.17, 15) is 0 Å². The third-order valence-electron chi connectivity index (χ3n) is 2.65. The van der Waals surface area contributed by atoms with Gasteiger partial charge < -0.3 is 4.90 Å². The fourth-order valence-corrected chi connectivity index (χ4v) is 2.51. The highest BCUT2D eigenvalue weighted by atomic mass is 32.1. The minimum absolute atomic E-state index is 0.312. The Kier molecular flexibility index (Phi) is 5.34. The highest BCUT2D eigenvalue weighted by molar-refractivity contribution is 7.11. The molecule has 0 fully saturated rings. The van der Waals surface area contributed by atoms with Crippen LogP contribution in [0, 0.1) is 13.8 Å². The molecule has 0 amide bonds. The Hall–Kier alpha value is -0.490. The SMILES string of the molecule is Cc1nc(CC(CCN(C)C)NN)sc1C. The molecule has 1 heterocycles. The molecule has 0 aliphatic carbocycles. The number of thiazole rings is 1. The predicted molar refractivity (Wildman–Crippen MR) is 69.6 cm³/mol. The molecule has 1 aromatic heterocycles. The molecule has 0 bridgehead atoms. The second-order valence-corrected chi connectivity index (χ2v) is 5.70. The molecule has 0 saturated carbocycles. The number of nitrogens with one attached hydrogen (secondary N) is 1. The third kappa shape index (κ3) is 4.17. The standard InChI is InChI=1S/C11H22N4S/c1-8-9(2)16-11(13-8)7-10(14-12)5-6-15(3)4/h10,14H,5-7,12H2,1-4H3. The Morgan fingerprint density at radius 1 is 1.44 bits per heavy atom. The summed E-state index contributed by atoms with van der Waals surface area (Å²) in [6.45, 7) is 5.21. The second kappa shape index (κ2) is 6.30. The van der Waals surface area contributed by atoms with Gasteiger partial charge in [0.25, 0.3) is 0 Å². The van der Waals surface area contributed by atoms with E-state index in [1.807, 2.05) is 0 Å². The molecule has 0 radical (unpaired) electrons. The van der Waals surface area contributed by atoms with Crippen molar-refractivity contribution >= 4 is 11.3 Å². The van der Waals surface area contributed by atoms with Gasteiger partial charge in [0.1, 0.15) is 0 Å². The van der Waals surface area contributed by atoms with Crippen molar-refractivity contribution in [2.75, 3.05) is 20.6 Å². The first kappa shape index (κ1) is 13.6. The van der Waals surface area contributed by atoms with Crippen molar-refractivity contribution in [3.63, 3.8) is 0 Å². The van der Waals surface area contributed by atoms with Crippen molar-refractivity contribution in [1.29, 1.82) is 0 Å². The van der Waals surface area contributed by atoms with Gasteiger partial charge >= 0.3 is 0 Å². The molecule has 3 N–H and O–H groups in total. The van der Waals surface area contributed by atoms with Gasteiger partial charge in [-0.2, -0.15) is 0 Å². The van der Waals surface area contributed by atoms with Gasteiger partial charge in [-0.3, -0.25) is 11.3 Å². The van der Waals surface area contributed by atoms with Gasteiger partial charge in [0.05, 0.1) is 10.7 Å². The quantitative estimate of drug-likeness (QED) is 0.579. The van der Waals surface area contributed by atoms with Crippen LogP contribution in [0.3, 0.4) is 0 Å². The molecule has 0 spiro atoms. The van der Waals surface area contributed by atoms with Gasteiger partial charge in [-0.1, -0.05) is 0 Å². The summed E-state index contributed by atoms with van der Waals surface area (Å²) >= 11 is 1.77. The lowest BCUT2D eigenvalue weighted by Crippen LogP contribution is -2.38. The third-order valence-corrected chi connectivity index (χ3v) is 3.75. The van der Waals surface area contributed by atoms with E-state index in [1.165, 1.54) is 9.88 Å². The Labute approximate surface area is 102 Å². The molecule has 0 saturated heterocycles. The maximum absolute atomic E-state index is 5.56. The van der Waals surface area contributed by atoms with Crippen molar-refractivity contribution in [2.24, 2.45) is 5.84 Å². The van der Waals surface area contributed by atoms with Crippen LogP contribution in [-0.4, -0.2) is 36.6 Å². The number of aryl methyl sites for hydroxylation is 2. The lowest BCUT2D eigenvalue weighted by molar-refractivity contribution is 0.358. The predicted octanol–water partition coefficient (Wildman–Crippen LogP) is 1.09. The molecule has 1 unspecified atom stereocenters. The number of hydrogen-bond acceptors (Lipinski definition) is 5. The van der Waals surface area contributed by atoms with Gasteiger partial charge in [-0.15, -0.1) is 11.3 Å². The molecule has 1 atom stereocenters. The number of hydrazine groups is 1. The van der Waals surface area contributed by atoms with Crippen LogP contribution in [0.25, 0.3) is 0 Å². The first-order valence-corrected chi connectivity index (χ1v) is 6.38. The summed E-state index contributed by atoms with van der Waals surface area (Å²) in [5, 5.41) is 1.18. The van der Waals surface area contributed by atoms with Gasteiger partial charge in [0, 0.05) is 17.3 Å². The largest absolute Gasteiger partial charge is 0.309 e. The minimum atomic E-state index is 0.312. The molecule has 16 heavy (non-hydrogen) atoms. The Bertz CT molecular complexity index is 302. The molecule has 0 aliphatic rings. The van der Waals surface area contributed by atoms with Crippen molar-refractivity contribution in [2.45, 2.75) is 32.7 Å². The maximum Gasteiger partial charge on any atom is 0.0946 e. The van der Waals surface area contributed by atoms with E-state index < -0.39 is 0 Å². The molecular weight excluding hydrogens is 220 g/mol. The lowest BCUT2D eigenvalue weighted by atomic mass is 10.1. The molecule has 0 aromatic carbocycles. The minimum Gasteiger partial charge on any atom is -0.309 e. The number of rotatable bonds is 6. The second-order valence-electron chi connectivity index (χ2n) is 4.41. The van der Waals surface area contributed by atoms with Gasteiger partial charge in [0.2, 0.25) is 0 Å². The normalized spacial score (nSPS) is 13.4. The van der Waals surface area contributed by atoms with E-state index in [2.05, 4.69) is 43.3 Å². The Morgan fingerprint density at radius 2 is 2.12 bits per heavy atom. The van der Waals surface area contributed by atoms with Crippen molar-refractivity contribution in [1.82, 2.24) is 15.3 Å². The van der Waals surface area contributed by atoms with Crippen LogP contribution in [0.5, 0.6) is 0 Å². The van der Waals surface area contributed by atoms with Crippen LogP contribution in [0.4, 0.5) is 0 Å². The summed E-state index contributed by atoms with van der Waals surface area (Å²) in [6, 6.07) is 0.312. The Morgan fingerprint density at radius 3 is 2.56 bits per heavy atom. The lowest BCUT2D eigenvalue weighted by Gasteiger charge is -2.17. The maximum atomic E-state index is 5.56. The van der Waals surface area contributed by atoms with Gasteiger partial charge in [-0.25, -0.2) is 4.98 Å². The number of nitrogens with zero attached hydrogens (tertiary/aromatic N) is 2. The molecule has 0 aliphatic heterocycles. The summed E-state index contributed by atoms with van der Waals surface area (Å²) in [4.78, 5) is 8.01. The zero-order valence-electron chi connectivity index (χ0n) is 10.6. The molecule has 92 valence electrons. The zero-order valence-corrected chi connectivity index (χ0v) is 11.4. The summed E-state index contributed by atoms with van der Waals surface area (Å²) in [7, 11) is 4.15. The van der Waals surface area contributed by atoms with Crippen LogP contribution in [0.1, 0.15) is 22.0 Å². The average Bonchev–Trinajstić information content (AvgIpc) is 2.52. The van der Waals surface area contributed by atoms with Gasteiger partial charge in [0.15, 0.2) is 0 Å². The van der Waals surface area contributed by atoms with Crippen LogP contribution in [0.2, 0.25) is 0 Å². The van der Waals surface area contributed by atoms with E-state index in [0.29, 0.717) is 6.04 Å². The van der Waals surface area contributed by atoms with Crippen LogP contribution in [0.15, 0.2) is 0 Å². The summed E-state index contributed by atoms with van der Waals surface area (Å²) in [5.74, 6) is 5.56. The molecule has 1 aromatic rings. The highest BCUT2D eigenvalue weighted by Gasteiger charge is 2.11. The molecule has 4 nitrogen and oxygen atoms in total. The molecule has 1 rings (SSSR count). The first-order chi connectivity index (χ1) is 7.52. The topological polar surface area (TPSA) is 54.2 Å². The molecule has 5 heteroatoms. The smallest absolute Gasteiger partial charge is 0.0946 e. The zero-order chi connectivity index (χ0) is 12.1. The average molecular weight is 242 g/mol. The van der Waals surface area contributed by atoms with Crippen LogP contribution >= 0.6 is 11.3 Å². The van der Waals surface area contributed by atoms with E-state index >= 15 is 0 Å². The van der Waals surface area contributed by atoms with E-state index in [0.717, 1.165) is 25.1 Å². The van der Waals surface area contributed by atoms with Gasteiger partial charge in [-0.05, 0) is 40.9 Å². The highest BCUT2D eigenvalue weighted by Crippen LogP contribution is 2.18. The fourth-order valence-electron chi connectivity index (χ4n) is 1.50. The van der Waals surface area contributed by atoms with Crippen molar-refractivity contribution in [3.05, 3.63) is 15.6 Å². The monoisotopic (exact) mass is 242 g/mol. The Balaban J connectivity index is 2.49. The van der Waals surface area contributed by atoms with E-state index in [4.69, 9.17) is 5.84 Å². The fraction of sp³-hybridized carbons (Fsp3) is 0.727. The molecular formula is C11H22N4S. The number of hydrogen-bond donors (Lipinski definition) is 2. The summed E-state index contributed by atoms with van der Waals surface area (Å²) in [6.07, 6.45) is 1.96. The van der Waals surface area contributed by atoms with Crippen LogP contribution in [-0.2, 0) is 6.42 Å². The van der Waals surface area contributed by atoms with E-state index in [1.54, 1.807) is 11.3 Å². The number of nitrogens with two attached hydrogens (primary N) is 1.